The molecule has 1 aliphatic rings. The fraction of sp³-hybridized carbons (Fsp3) is 0.375. The first-order valence-electron chi connectivity index (χ1n) is 10.6. The second-order valence-corrected chi connectivity index (χ2v) is 14.7. The van der Waals surface area contributed by atoms with Crippen LogP contribution < -0.4 is 5.56 Å². The molecule has 0 unspecified atom stereocenters. The molecule has 0 spiro atoms. The number of fused-ring (bicyclic) bond motifs is 2. The number of halogens is 2. The number of rotatable bonds is 4. The number of benzene rings is 1. The summed E-state index contributed by atoms with van der Waals surface area (Å²) < 4.78 is 24.1. The maximum absolute atomic E-state index is 13.4. The zero-order valence-corrected chi connectivity index (χ0v) is 19.9. The molecule has 4 heterocycles. The van der Waals surface area contributed by atoms with E-state index in [9.17, 15) is 9.18 Å². The maximum atomic E-state index is 13.4. The predicted molar refractivity (Wildman–Crippen MR) is 129 cm³/mol. The van der Waals surface area contributed by atoms with E-state index in [0.717, 1.165) is 57.2 Å². The Balaban J connectivity index is 1.27. The molecule has 0 aliphatic carbocycles. The topological polar surface area (TPSA) is 60.4 Å². The van der Waals surface area contributed by atoms with Gasteiger partial charge < -0.3 is 0 Å². The average Bonchev–Trinajstić information content (AvgIpc) is 3.18. The molecule has 0 saturated carbocycles. The van der Waals surface area contributed by atoms with Crippen molar-refractivity contribution >= 4 is 36.4 Å². The van der Waals surface area contributed by atoms with Crippen molar-refractivity contribution in [2.24, 2.45) is 0 Å². The fourth-order valence-corrected chi connectivity index (χ4v) is 10.6. The van der Waals surface area contributed by atoms with E-state index in [0.29, 0.717) is 11.5 Å². The average molecular weight is 533 g/mol. The van der Waals surface area contributed by atoms with Crippen LogP contribution in [0, 0.1) is 19.7 Å². The molecule has 0 atom stereocenters. The molecule has 1 fully saturated rings. The van der Waals surface area contributed by atoms with E-state index in [2.05, 4.69) is 5.16 Å². The van der Waals surface area contributed by atoms with Crippen LogP contribution >= 0.6 is 19.8 Å². The summed E-state index contributed by atoms with van der Waals surface area (Å²) in [6.07, 6.45) is 4.86. The minimum absolute atomic E-state index is 0.0817. The molecule has 3 aromatic heterocycles. The quantitative estimate of drug-likeness (QED) is 0.267. The van der Waals surface area contributed by atoms with Crippen LogP contribution in [-0.2, 0) is 6.42 Å². The second kappa shape index (κ2) is 8.33. The van der Waals surface area contributed by atoms with Crippen LogP contribution in [0.2, 0.25) is 0 Å². The third-order valence-corrected chi connectivity index (χ3v) is 12.6. The number of pyridine rings is 1. The Kier molecular flexibility index (Phi) is 5.54. The summed E-state index contributed by atoms with van der Waals surface area (Å²) in [6.45, 7) is 3.95. The molecule has 1 aromatic carbocycles. The third kappa shape index (κ3) is 3.88. The van der Waals surface area contributed by atoms with E-state index in [1.165, 1.54) is 21.0 Å². The van der Waals surface area contributed by atoms with Gasteiger partial charge in [-0.05, 0) is 0 Å². The van der Waals surface area contributed by atoms with E-state index >= 15 is 0 Å². The number of aryl methyl sites for hydroxylation is 2. The molecule has 0 radical (unpaired) electrons. The third-order valence-electron chi connectivity index (χ3n) is 6.26. The SMILES string of the molecule is Cc1nc2c(C)cccn2c(=O)c1CCI1CCC(c2noc3cc(F)ccc23)CC1. The van der Waals surface area contributed by atoms with Crippen LogP contribution in [0.1, 0.15) is 41.3 Å². The zero-order valence-electron chi connectivity index (χ0n) is 17.7. The Hall–Kier alpha value is -2.29. The first-order valence-corrected chi connectivity index (χ1v) is 15.2. The van der Waals surface area contributed by atoms with Gasteiger partial charge in [0, 0.05) is 0 Å². The normalized spacial score (nSPS) is 16.4. The van der Waals surface area contributed by atoms with Gasteiger partial charge in [0.1, 0.15) is 0 Å². The summed E-state index contributed by atoms with van der Waals surface area (Å²) in [5.74, 6) is 0.0923. The molecule has 0 N–H and O–H groups in total. The van der Waals surface area contributed by atoms with Crippen LogP contribution in [0.4, 0.5) is 4.39 Å². The van der Waals surface area contributed by atoms with Crippen molar-refractivity contribution in [3.05, 3.63) is 75.2 Å². The van der Waals surface area contributed by atoms with Gasteiger partial charge in [-0.25, -0.2) is 0 Å². The Labute approximate surface area is 187 Å². The molecule has 5 nitrogen and oxygen atoms in total. The van der Waals surface area contributed by atoms with E-state index < -0.39 is 19.8 Å². The first kappa shape index (κ1) is 20.6. The van der Waals surface area contributed by atoms with Crippen molar-refractivity contribution in [1.29, 1.82) is 0 Å². The molecular weight excluding hydrogens is 508 g/mol. The van der Waals surface area contributed by atoms with Crippen molar-refractivity contribution in [3.8, 4) is 0 Å². The molecular formula is C24H25FIN3O2. The van der Waals surface area contributed by atoms with Crippen LogP contribution in [0.5, 0.6) is 0 Å². The summed E-state index contributed by atoms with van der Waals surface area (Å²) >= 11 is -1.11. The number of hydrogen-bond acceptors (Lipinski definition) is 4. The van der Waals surface area contributed by atoms with E-state index in [-0.39, 0.29) is 11.4 Å². The number of nitrogens with zero attached hydrogens (tertiary/aromatic N) is 3. The summed E-state index contributed by atoms with van der Waals surface area (Å²) in [6, 6.07) is 8.56. The van der Waals surface area contributed by atoms with Gasteiger partial charge in [0.15, 0.2) is 0 Å². The Morgan fingerprint density at radius 2 is 2.03 bits per heavy atom. The van der Waals surface area contributed by atoms with Crippen molar-refractivity contribution < 1.29 is 8.91 Å². The molecule has 0 amide bonds. The van der Waals surface area contributed by atoms with Crippen molar-refractivity contribution in [3.63, 3.8) is 0 Å². The monoisotopic (exact) mass is 533 g/mol. The second-order valence-electron chi connectivity index (χ2n) is 8.23. The van der Waals surface area contributed by atoms with Crippen LogP contribution in [0.15, 0.2) is 45.8 Å². The van der Waals surface area contributed by atoms with Gasteiger partial charge in [-0.2, -0.15) is 0 Å². The zero-order chi connectivity index (χ0) is 21.5. The Morgan fingerprint density at radius 1 is 1.23 bits per heavy atom. The van der Waals surface area contributed by atoms with Gasteiger partial charge in [0.05, 0.1) is 0 Å². The molecule has 1 saturated heterocycles. The van der Waals surface area contributed by atoms with Gasteiger partial charge in [-0.3, -0.25) is 0 Å². The molecule has 162 valence electrons. The molecule has 1 aliphatic heterocycles. The summed E-state index contributed by atoms with van der Waals surface area (Å²) in [7, 11) is 0. The van der Waals surface area contributed by atoms with Crippen LogP contribution in [0.25, 0.3) is 16.6 Å². The number of alkyl halides is 3. The molecule has 0 bridgehead atoms. The van der Waals surface area contributed by atoms with Crippen LogP contribution in [0.3, 0.4) is 0 Å². The van der Waals surface area contributed by atoms with Gasteiger partial charge in [0.25, 0.3) is 0 Å². The molecule has 4 aromatic rings. The van der Waals surface area contributed by atoms with E-state index in [4.69, 9.17) is 9.51 Å². The fourth-order valence-electron chi connectivity index (χ4n) is 4.46. The summed E-state index contributed by atoms with van der Waals surface area (Å²) in [5.41, 5.74) is 5.11. The van der Waals surface area contributed by atoms with E-state index in [1.807, 2.05) is 32.2 Å². The van der Waals surface area contributed by atoms with E-state index in [1.54, 1.807) is 10.5 Å². The summed E-state index contributed by atoms with van der Waals surface area (Å²) in [4.78, 5) is 17.7. The predicted octanol–water partition coefficient (Wildman–Crippen LogP) is 5.22. The number of aromatic nitrogens is 3. The Bertz CT molecular complexity index is 1320. The van der Waals surface area contributed by atoms with Gasteiger partial charge >= 0.3 is 187 Å². The van der Waals surface area contributed by atoms with Gasteiger partial charge in [-0.1, -0.05) is 0 Å². The molecule has 5 rings (SSSR count). The Morgan fingerprint density at radius 3 is 2.84 bits per heavy atom. The van der Waals surface area contributed by atoms with Gasteiger partial charge in [-0.15, -0.1) is 0 Å². The first-order chi connectivity index (χ1) is 15.0. The minimum atomic E-state index is -1.11. The standard InChI is InChI=1S/C24H25FIN3O2/c1-15-4-3-13-29-23(15)27-16(2)19(24(29)30)9-12-26-10-7-17(8-11-26)22-20-6-5-18(25)14-21(20)31-28-22/h3-6,13-14,17H,7-12H2,1-2H3. The summed E-state index contributed by atoms with van der Waals surface area (Å²) in [5, 5.41) is 5.20. The van der Waals surface area contributed by atoms with Crippen LogP contribution in [-0.4, -0.2) is 27.8 Å². The molecule has 7 heteroatoms. The van der Waals surface area contributed by atoms with Crippen molar-refractivity contribution in [1.82, 2.24) is 14.5 Å². The van der Waals surface area contributed by atoms with Gasteiger partial charge in [0.2, 0.25) is 0 Å². The van der Waals surface area contributed by atoms with Crippen molar-refractivity contribution in [2.45, 2.75) is 39.0 Å². The molecule has 31 heavy (non-hydrogen) atoms. The van der Waals surface area contributed by atoms with Crippen molar-refractivity contribution in [2.75, 3.05) is 13.3 Å². The number of hydrogen-bond donors (Lipinski definition) is 0.